The minimum atomic E-state index is -4.20. The molecule has 0 saturated carbocycles. The minimum absolute atomic E-state index is 0.216. The van der Waals surface area contributed by atoms with Crippen LogP contribution in [0.4, 0.5) is 13.2 Å². The Morgan fingerprint density at radius 1 is 1.53 bits per heavy atom. The van der Waals surface area contributed by atoms with Gasteiger partial charge in [-0.05, 0) is 6.42 Å². The Hall–Kier alpha value is -1.31. The molecule has 88 valence electrons. The van der Waals surface area contributed by atoms with E-state index < -0.39 is 18.5 Å². The predicted molar refractivity (Wildman–Crippen MR) is 44.9 cm³/mol. The number of alkyl halides is 3. The number of oxime groups is 1. The lowest BCUT2D eigenvalue weighted by molar-refractivity contribution is -0.141. The Morgan fingerprint density at radius 3 is 2.73 bits per heavy atom. The number of hydroxylamine groups is 1. The van der Waals surface area contributed by atoms with Gasteiger partial charge in [0.15, 0.2) is 0 Å². The molecule has 0 aromatic rings. The molecule has 1 N–H and O–H groups in total. The van der Waals surface area contributed by atoms with Crippen LogP contribution in [0.3, 0.4) is 0 Å². The highest BCUT2D eigenvalue weighted by atomic mass is 19.4. The van der Waals surface area contributed by atoms with Gasteiger partial charge in [0, 0.05) is 6.42 Å². The number of nitrogens with one attached hydrogen (secondary N) is 1. The Kier molecular flexibility index (Phi) is 6.43. The third-order valence-electron chi connectivity index (χ3n) is 1.15. The number of amides is 1. The summed E-state index contributed by atoms with van der Waals surface area (Å²) in [5.41, 5.74) is 1.87. The van der Waals surface area contributed by atoms with Gasteiger partial charge in [-0.15, -0.1) is 0 Å². The van der Waals surface area contributed by atoms with Gasteiger partial charge in [-0.25, -0.2) is 5.48 Å². The first-order valence-corrected chi connectivity index (χ1v) is 4.01. The van der Waals surface area contributed by atoms with Crippen LogP contribution >= 0.6 is 0 Å². The molecule has 0 spiro atoms. The zero-order valence-electron chi connectivity index (χ0n) is 8.00. The number of nitrogens with zero attached hydrogens (tertiary/aromatic N) is 1. The van der Waals surface area contributed by atoms with Gasteiger partial charge < -0.3 is 4.84 Å². The van der Waals surface area contributed by atoms with E-state index >= 15 is 0 Å². The summed E-state index contributed by atoms with van der Waals surface area (Å²) in [6, 6.07) is 0. The van der Waals surface area contributed by atoms with E-state index in [9.17, 15) is 18.0 Å². The Balaban J connectivity index is 3.39. The number of carbonyl (C=O) groups excluding carboxylic acids is 1. The first-order chi connectivity index (χ1) is 6.95. The van der Waals surface area contributed by atoms with Crippen LogP contribution in [-0.4, -0.2) is 32.0 Å². The van der Waals surface area contributed by atoms with E-state index in [1.54, 1.807) is 0 Å². The fourth-order valence-corrected chi connectivity index (χ4v) is 0.594. The standard InChI is InChI=1S/C7H11F3N2O3/c1-14-11-5-6(13)12-15-4-2-3-7(8,9)10/h5H,2-4H2,1H3,(H,12,13)/b11-5+. The Morgan fingerprint density at radius 2 is 2.20 bits per heavy atom. The number of hydrogen-bond donors (Lipinski definition) is 1. The van der Waals surface area contributed by atoms with Crippen molar-refractivity contribution in [3.63, 3.8) is 0 Å². The average Bonchev–Trinajstić information content (AvgIpc) is 2.12. The fourth-order valence-electron chi connectivity index (χ4n) is 0.594. The summed E-state index contributed by atoms with van der Waals surface area (Å²) in [6.45, 7) is -0.216. The van der Waals surface area contributed by atoms with Crippen LogP contribution in [-0.2, 0) is 14.5 Å². The normalized spacial score (nSPS) is 11.7. The summed E-state index contributed by atoms with van der Waals surface area (Å²) in [4.78, 5) is 19.3. The van der Waals surface area contributed by atoms with Crippen LogP contribution in [0.2, 0.25) is 0 Å². The van der Waals surface area contributed by atoms with Crippen molar-refractivity contribution in [3.8, 4) is 0 Å². The van der Waals surface area contributed by atoms with Crippen molar-refractivity contribution < 1.29 is 27.6 Å². The topological polar surface area (TPSA) is 59.9 Å². The molecule has 0 aliphatic carbocycles. The van der Waals surface area contributed by atoms with Crippen molar-refractivity contribution in [1.29, 1.82) is 0 Å². The summed E-state index contributed by atoms with van der Waals surface area (Å²) < 4.78 is 34.9. The molecule has 8 heteroatoms. The molecule has 0 aliphatic heterocycles. The Labute approximate surface area is 84.2 Å². The van der Waals surface area contributed by atoms with Crippen molar-refractivity contribution in [2.75, 3.05) is 13.7 Å². The van der Waals surface area contributed by atoms with Crippen molar-refractivity contribution in [1.82, 2.24) is 5.48 Å². The first-order valence-electron chi connectivity index (χ1n) is 4.01. The van der Waals surface area contributed by atoms with E-state index in [4.69, 9.17) is 0 Å². The van der Waals surface area contributed by atoms with Gasteiger partial charge in [0.25, 0.3) is 5.91 Å². The second-order valence-electron chi connectivity index (χ2n) is 2.45. The quantitative estimate of drug-likeness (QED) is 0.419. The molecule has 0 aliphatic rings. The van der Waals surface area contributed by atoms with Crippen LogP contribution in [0.1, 0.15) is 12.8 Å². The van der Waals surface area contributed by atoms with Gasteiger partial charge in [-0.3, -0.25) is 9.63 Å². The first kappa shape index (κ1) is 13.7. The second-order valence-corrected chi connectivity index (χ2v) is 2.45. The molecular formula is C7H11F3N2O3. The molecule has 0 unspecified atom stereocenters. The van der Waals surface area contributed by atoms with Gasteiger partial charge in [-0.1, -0.05) is 5.16 Å². The van der Waals surface area contributed by atoms with Crippen LogP contribution in [0, 0.1) is 0 Å². The van der Waals surface area contributed by atoms with Crippen LogP contribution in [0.5, 0.6) is 0 Å². The molecule has 15 heavy (non-hydrogen) atoms. The van der Waals surface area contributed by atoms with Crippen molar-refractivity contribution in [2.45, 2.75) is 19.0 Å². The minimum Gasteiger partial charge on any atom is -0.399 e. The number of hydrogen-bond acceptors (Lipinski definition) is 4. The third-order valence-corrected chi connectivity index (χ3v) is 1.15. The monoisotopic (exact) mass is 228 g/mol. The molecule has 0 fully saturated rings. The summed E-state index contributed by atoms with van der Waals surface area (Å²) >= 11 is 0. The zero-order chi connectivity index (χ0) is 11.7. The zero-order valence-corrected chi connectivity index (χ0v) is 8.00. The molecular weight excluding hydrogens is 217 g/mol. The van der Waals surface area contributed by atoms with Crippen LogP contribution in [0.15, 0.2) is 5.16 Å². The number of halogens is 3. The van der Waals surface area contributed by atoms with E-state index in [-0.39, 0.29) is 13.0 Å². The SMILES string of the molecule is CO/N=C/C(=O)NOCCCC(F)(F)F. The van der Waals surface area contributed by atoms with E-state index in [1.165, 1.54) is 7.11 Å². The van der Waals surface area contributed by atoms with E-state index in [1.807, 2.05) is 5.48 Å². The van der Waals surface area contributed by atoms with Crippen molar-refractivity contribution in [3.05, 3.63) is 0 Å². The van der Waals surface area contributed by atoms with Crippen LogP contribution in [0.25, 0.3) is 0 Å². The molecule has 0 heterocycles. The third kappa shape index (κ3) is 10.6. The molecule has 0 radical (unpaired) electrons. The molecule has 0 rings (SSSR count). The van der Waals surface area contributed by atoms with Gasteiger partial charge in [-0.2, -0.15) is 13.2 Å². The highest BCUT2D eigenvalue weighted by Crippen LogP contribution is 2.20. The lowest BCUT2D eigenvalue weighted by Gasteiger charge is -2.05. The predicted octanol–water partition coefficient (Wildman–Crippen LogP) is 1.01. The van der Waals surface area contributed by atoms with E-state index in [0.29, 0.717) is 0 Å². The summed E-state index contributed by atoms with van der Waals surface area (Å²) in [7, 11) is 1.24. The molecule has 0 saturated heterocycles. The van der Waals surface area contributed by atoms with Crippen LogP contribution < -0.4 is 5.48 Å². The highest BCUT2D eigenvalue weighted by molar-refractivity contribution is 6.25. The van der Waals surface area contributed by atoms with Gasteiger partial charge >= 0.3 is 6.18 Å². The summed E-state index contributed by atoms with van der Waals surface area (Å²) in [5.74, 6) is -0.705. The van der Waals surface area contributed by atoms with Gasteiger partial charge in [0.2, 0.25) is 0 Å². The lowest BCUT2D eigenvalue weighted by Crippen LogP contribution is -2.25. The molecule has 0 bridgehead atoms. The van der Waals surface area contributed by atoms with E-state index in [0.717, 1.165) is 6.21 Å². The fraction of sp³-hybridized carbons (Fsp3) is 0.714. The lowest BCUT2D eigenvalue weighted by atomic mass is 10.3. The number of carbonyl (C=O) groups is 1. The summed E-state index contributed by atoms with van der Waals surface area (Å²) in [5, 5.41) is 3.11. The number of rotatable bonds is 6. The van der Waals surface area contributed by atoms with Crippen molar-refractivity contribution >= 4 is 12.1 Å². The van der Waals surface area contributed by atoms with Gasteiger partial charge in [0.05, 0.1) is 6.61 Å². The molecule has 0 aromatic heterocycles. The molecule has 1 amide bonds. The molecule has 0 aromatic carbocycles. The smallest absolute Gasteiger partial charge is 0.389 e. The molecule has 0 atom stereocenters. The average molecular weight is 228 g/mol. The largest absolute Gasteiger partial charge is 0.399 e. The second kappa shape index (κ2) is 7.04. The maximum Gasteiger partial charge on any atom is 0.389 e. The maximum atomic E-state index is 11.6. The highest BCUT2D eigenvalue weighted by Gasteiger charge is 2.25. The van der Waals surface area contributed by atoms with Crippen molar-refractivity contribution in [2.24, 2.45) is 5.16 Å². The van der Waals surface area contributed by atoms with Gasteiger partial charge in [0.1, 0.15) is 13.3 Å². The summed E-state index contributed by atoms with van der Waals surface area (Å²) in [6.07, 6.45) is -4.57. The van der Waals surface area contributed by atoms with E-state index in [2.05, 4.69) is 14.8 Å². The maximum absolute atomic E-state index is 11.6. The Bertz CT molecular complexity index is 218. The molecule has 5 nitrogen and oxygen atoms in total.